The Morgan fingerprint density at radius 2 is 2.23 bits per heavy atom. The van der Waals surface area contributed by atoms with E-state index in [9.17, 15) is 4.79 Å². The lowest BCUT2D eigenvalue weighted by molar-refractivity contribution is -0.121. The fourth-order valence-electron chi connectivity index (χ4n) is 2.13. The average Bonchev–Trinajstić information content (AvgIpc) is 2.03. The molecule has 1 N–H and O–H groups in total. The van der Waals surface area contributed by atoms with Gasteiger partial charge in [0.05, 0.1) is 0 Å². The number of hydrogen-bond acceptors (Lipinski definition) is 2. The summed E-state index contributed by atoms with van der Waals surface area (Å²) in [5, 5.41) is 9.11. The van der Waals surface area contributed by atoms with Gasteiger partial charge in [0.1, 0.15) is 5.78 Å². The van der Waals surface area contributed by atoms with Gasteiger partial charge in [-0.15, -0.1) is 0 Å². The molecular formula is C11H20O2. The van der Waals surface area contributed by atoms with Crippen molar-refractivity contribution in [3.63, 3.8) is 0 Å². The van der Waals surface area contributed by atoms with Gasteiger partial charge in [-0.25, -0.2) is 0 Å². The zero-order valence-corrected chi connectivity index (χ0v) is 8.68. The van der Waals surface area contributed by atoms with Gasteiger partial charge < -0.3 is 5.11 Å². The van der Waals surface area contributed by atoms with E-state index in [1.807, 2.05) is 0 Å². The van der Waals surface area contributed by atoms with Crippen LogP contribution in [0, 0.1) is 11.3 Å². The fraction of sp³-hybridized carbons (Fsp3) is 0.909. The molecule has 2 heteroatoms. The van der Waals surface area contributed by atoms with Crippen LogP contribution in [-0.2, 0) is 4.79 Å². The topological polar surface area (TPSA) is 37.3 Å². The molecule has 0 amide bonds. The zero-order valence-electron chi connectivity index (χ0n) is 8.68. The van der Waals surface area contributed by atoms with Gasteiger partial charge in [-0.3, -0.25) is 4.79 Å². The van der Waals surface area contributed by atoms with Gasteiger partial charge in [0.15, 0.2) is 0 Å². The molecule has 76 valence electrons. The highest BCUT2D eigenvalue weighted by Gasteiger charge is 2.26. The Kier molecular flexibility index (Phi) is 3.48. The third-order valence-electron chi connectivity index (χ3n) is 2.85. The number of Topliss-reactive ketones (excluding diaryl/α,β-unsaturated/α-hetero) is 1. The first kappa shape index (κ1) is 10.7. The molecule has 0 aliphatic heterocycles. The number of carbonyl (C=O) groups is 1. The minimum atomic E-state index is -0.0116. The summed E-state index contributed by atoms with van der Waals surface area (Å²) in [6.45, 7) is 4.34. The lowest BCUT2D eigenvalue weighted by Crippen LogP contribution is -2.24. The van der Waals surface area contributed by atoms with Gasteiger partial charge in [0, 0.05) is 19.4 Å². The van der Waals surface area contributed by atoms with Gasteiger partial charge in [0.25, 0.3) is 0 Å². The van der Waals surface area contributed by atoms with E-state index < -0.39 is 0 Å². The van der Waals surface area contributed by atoms with Crippen LogP contribution < -0.4 is 0 Å². The Bertz CT molecular complexity index is 185. The Labute approximate surface area is 80.3 Å². The molecule has 1 saturated carbocycles. The predicted molar refractivity (Wildman–Crippen MR) is 52.4 cm³/mol. The summed E-state index contributed by atoms with van der Waals surface area (Å²) in [4.78, 5) is 11.2. The molecule has 0 aromatic carbocycles. The van der Waals surface area contributed by atoms with E-state index in [0.29, 0.717) is 11.7 Å². The average molecular weight is 184 g/mol. The van der Waals surface area contributed by atoms with Crippen molar-refractivity contribution in [1.29, 1.82) is 0 Å². The summed E-state index contributed by atoms with van der Waals surface area (Å²) in [6.07, 6.45) is 4.70. The lowest BCUT2D eigenvalue weighted by atomic mass is 9.77. The lowest BCUT2D eigenvalue weighted by Gasteiger charge is -2.29. The highest BCUT2D eigenvalue weighted by atomic mass is 16.3. The first-order valence-corrected chi connectivity index (χ1v) is 5.16. The molecule has 1 fully saturated rings. The number of hydrogen-bond donors (Lipinski definition) is 1. The van der Waals surface area contributed by atoms with E-state index in [-0.39, 0.29) is 12.0 Å². The van der Waals surface area contributed by atoms with Crippen molar-refractivity contribution >= 4 is 5.78 Å². The first-order chi connectivity index (χ1) is 6.03. The van der Waals surface area contributed by atoms with Gasteiger partial charge >= 0.3 is 0 Å². The summed E-state index contributed by atoms with van der Waals surface area (Å²) < 4.78 is 0. The van der Waals surface area contributed by atoms with Crippen LogP contribution >= 0.6 is 0 Å². The Hall–Kier alpha value is -0.370. The molecular weight excluding hydrogens is 164 g/mol. The quantitative estimate of drug-likeness (QED) is 0.729. The number of aliphatic hydroxyl groups excluding tert-OH is 1. The molecule has 1 aliphatic carbocycles. The van der Waals surface area contributed by atoms with E-state index in [1.54, 1.807) is 0 Å². The van der Waals surface area contributed by atoms with Crippen LogP contribution in [0.2, 0.25) is 0 Å². The van der Waals surface area contributed by atoms with Gasteiger partial charge in [-0.05, 0) is 30.6 Å². The van der Waals surface area contributed by atoms with E-state index in [0.717, 1.165) is 32.1 Å². The second-order valence-electron chi connectivity index (χ2n) is 5.03. The molecule has 13 heavy (non-hydrogen) atoms. The van der Waals surface area contributed by atoms with Crippen LogP contribution in [0.5, 0.6) is 0 Å². The number of carbonyl (C=O) groups excluding carboxylic acids is 1. The van der Waals surface area contributed by atoms with Crippen molar-refractivity contribution < 1.29 is 9.90 Å². The van der Waals surface area contributed by atoms with Gasteiger partial charge in [-0.2, -0.15) is 0 Å². The monoisotopic (exact) mass is 184 g/mol. The maximum absolute atomic E-state index is 11.2. The molecule has 1 unspecified atom stereocenters. The normalized spacial score (nSPS) is 24.8. The zero-order chi connectivity index (χ0) is 9.90. The van der Waals surface area contributed by atoms with Crippen LogP contribution in [0.25, 0.3) is 0 Å². The molecule has 1 aliphatic rings. The maximum atomic E-state index is 11.2. The largest absolute Gasteiger partial charge is 0.396 e. The highest BCUT2D eigenvalue weighted by Crippen LogP contribution is 2.32. The van der Waals surface area contributed by atoms with Crippen LogP contribution in [-0.4, -0.2) is 17.5 Å². The van der Waals surface area contributed by atoms with E-state index in [1.165, 1.54) is 0 Å². The summed E-state index contributed by atoms with van der Waals surface area (Å²) in [6, 6.07) is 0. The van der Waals surface area contributed by atoms with E-state index in [2.05, 4.69) is 13.8 Å². The molecule has 0 saturated heterocycles. The molecule has 0 bridgehead atoms. The Morgan fingerprint density at radius 3 is 2.77 bits per heavy atom. The Balaban J connectivity index is 2.40. The van der Waals surface area contributed by atoms with Crippen LogP contribution in [0.3, 0.4) is 0 Å². The SMILES string of the molecule is CC(C)(CO)CC1CCCC(=O)C1. The molecule has 0 aromatic rings. The van der Waals surface area contributed by atoms with Crippen molar-refractivity contribution in [3.05, 3.63) is 0 Å². The fourth-order valence-corrected chi connectivity index (χ4v) is 2.13. The smallest absolute Gasteiger partial charge is 0.133 e. The van der Waals surface area contributed by atoms with Crippen molar-refractivity contribution in [2.45, 2.75) is 46.0 Å². The van der Waals surface area contributed by atoms with Crippen LogP contribution in [0.4, 0.5) is 0 Å². The van der Waals surface area contributed by atoms with Crippen molar-refractivity contribution in [3.8, 4) is 0 Å². The number of aliphatic hydroxyl groups is 1. The number of rotatable bonds is 3. The Morgan fingerprint density at radius 1 is 1.54 bits per heavy atom. The highest BCUT2D eigenvalue weighted by molar-refractivity contribution is 5.79. The second kappa shape index (κ2) is 4.23. The van der Waals surface area contributed by atoms with Crippen LogP contribution in [0.1, 0.15) is 46.0 Å². The summed E-state index contributed by atoms with van der Waals surface area (Å²) in [5.74, 6) is 0.924. The second-order valence-corrected chi connectivity index (χ2v) is 5.03. The first-order valence-electron chi connectivity index (χ1n) is 5.16. The molecule has 2 nitrogen and oxygen atoms in total. The predicted octanol–water partition coefficient (Wildman–Crippen LogP) is 2.15. The van der Waals surface area contributed by atoms with Crippen molar-refractivity contribution in [1.82, 2.24) is 0 Å². The van der Waals surface area contributed by atoms with Crippen LogP contribution in [0.15, 0.2) is 0 Å². The summed E-state index contributed by atoms with van der Waals surface area (Å²) in [7, 11) is 0. The van der Waals surface area contributed by atoms with E-state index >= 15 is 0 Å². The molecule has 1 atom stereocenters. The molecule has 0 heterocycles. The summed E-state index contributed by atoms with van der Waals surface area (Å²) >= 11 is 0. The van der Waals surface area contributed by atoms with Crippen molar-refractivity contribution in [2.75, 3.05) is 6.61 Å². The maximum Gasteiger partial charge on any atom is 0.133 e. The van der Waals surface area contributed by atoms with Crippen molar-refractivity contribution in [2.24, 2.45) is 11.3 Å². The minimum absolute atomic E-state index is 0.0116. The molecule has 0 aromatic heterocycles. The molecule has 0 radical (unpaired) electrons. The van der Waals surface area contributed by atoms with E-state index in [4.69, 9.17) is 5.11 Å². The third-order valence-corrected chi connectivity index (χ3v) is 2.85. The number of ketones is 1. The third kappa shape index (κ3) is 3.47. The van der Waals surface area contributed by atoms with Gasteiger partial charge in [0.2, 0.25) is 0 Å². The van der Waals surface area contributed by atoms with Gasteiger partial charge in [-0.1, -0.05) is 13.8 Å². The molecule has 1 rings (SSSR count). The molecule has 0 spiro atoms. The standard InChI is InChI=1S/C11H20O2/c1-11(2,8-12)7-9-4-3-5-10(13)6-9/h9,12H,3-8H2,1-2H3. The minimum Gasteiger partial charge on any atom is -0.396 e. The summed E-state index contributed by atoms with van der Waals surface area (Å²) in [5.41, 5.74) is -0.0116.